The number of esters is 3. The van der Waals surface area contributed by atoms with Gasteiger partial charge in [0.1, 0.15) is 13.2 Å². The molecule has 0 aromatic rings. The molecule has 83 heavy (non-hydrogen) atoms. The third-order valence-corrected chi connectivity index (χ3v) is 15.2. The van der Waals surface area contributed by atoms with E-state index in [1.165, 1.54) is 186 Å². The zero-order valence-electron chi connectivity index (χ0n) is 54.7. The van der Waals surface area contributed by atoms with Gasteiger partial charge in [0, 0.05) is 19.3 Å². The summed E-state index contributed by atoms with van der Waals surface area (Å²) in [7, 11) is 0. The van der Waals surface area contributed by atoms with E-state index in [0.29, 0.717) is 19.3 Å². The Morgan fingerprint density at radius 3 is 0.747 bits per heavy atom. The molecule has 0 spiro atoms. The molecule has 0 aliphatic rings. The fourth-order valence-electron chi connectivity index (χ4n) is 10.0. The summed E-state index contributed by atoms with van der Waals surface area (Å²) in [4.78, 5) is 38.4. The first kappa shape index (κ1) is 79.1. The van der Waals surface area contributed by atoms with Crippen LogP contribution in [0.5, 0.6) is 0 Å². The van der Waals surface area contributed by atoms with E-state index < -0.39 is 6.10 Å². The van der Waals surface area contributed by atoms with Crippen molar-refractivity contribution in [3.63, 3.8) is 0 Å². The van der Waals surface area contributed by atoms with Crippen molar-refractivity contribution in [2.24, 2.45) is 0 Å². The van der Waals surface area contributed by atoms with Gasteiger partial charge in [-0.1, -0.05) is 310 Å². The Kier molecular flexibility index (Phi) is 67.2. The highest BCUT2D eigenvalue weighted by molar-refractivity contribution is 5.71. The van der Waals surface area contributed by atoms with E-state index in [9.17, 15) is 14.4 Å². The molecule has 0 fully saturated rings. The number of carbonyl (C=O) groups is 3. The first-order valence-corrected chi connectivity index (χ1v) is 35.4. The molecule has 0 rings (SSSR count). The summed E-state index contributed by atoms with van der Waals surface area (Å²) >= 11 is 0. The summed E-state index contributed by atoms with van der Waals surface area (Å²) in [5, 5.41) is 0. The summed E-state index contributed by atoms with van der Waals surface area (Å²) in [5.41, 5.74) is 0. The summed E-state index contributed by atoms with van der Waals surface area (Å²) in [6, 6.07) is 0. The Balaban J connectivity index is 4.27. The minimum absolute atomic E-state index is 0.0796. The third-order valence-electron chi connectivity index (χ3n) is 15.2. The van der Waals surface area contributed by atoms with Gasteiger partial charge in [0.15, 0.2) is 6.10 Å². The summed E-state index contributed by atoms with van der Waals surface area (Å²) in [5.74, 6) is -0.877. The Labute approximate surface area is 514 Å². The lowest BCUT2D eigenvalue weighted by molar-refractivity contribution is -0.167. The van der Waals surface area contributed by atoms with Crippen molar-refractivity contribution >= 4 is 17.9 Å². The molecule has 1 atom stereocenters. The lowest BCUT2D eigenvalue weighted by Gasteiger charge is -2.18. The second-order valence-electron chi connectivity index (χ2n) is 23.4. The van der Waals surface area contributed by atoms with Gasteiger partial charge in [-0.2, -0.15) is 0 Å². The largest absolute Gasteiger partial charge is 0.462 e. The highest BCUT2D eigenvalue weighted by Crippen LogP contribution is 2.17. The summed E-state index contributed by atoms with van der Waals surface area (Å²) < 4.78 is 17.0. The zero-order chi connectivity index (χ0) is 59.9. The van der Waals surface area contributed by atoms with E-state index in [0.717, 1.165) is 116 Å². The molecule has 0 saturated heterocycles. The van der Waals surface area contributed by atoms with Gasteiger partial charge in [-0.25, -0.2) is 0 Å². The maximum absolute atomic E-state index is 13.0. The van der Waals surface area contributed by atoms with E-state index in [-0.39, 0.29) is 31.1 Å². The SMILES string of the molecule is CC/C=C\C/C=C\C/C=C\C/C=C\CCCCCCCCCCCCCCCCC(=O)OCC(COC(=O)CCCCCCC/C=C\CCCCCC)OC(=O)CCCCCCCCCCCCCC/C=C\C/C=C\C/C=C\C/C=C\CC. The van der Waals surface area contributed by atoms with Crippen LogP contribution in [0.15, 0.2) is 109 Å². The van der Waals surface area contributed by atoms with Crippen LogP contribution in [-0.4, -0.2) is 37.2 Å². The molecule has 1 unspecified atom stereocenters. The van der Waals surface area contributed by atoms with Crippen LogP contribution in [0.1, 0.15) is 342 Å². The third kappa shape index (κ3) is 68.7. The fourth-order valence-corrected chi connectivity index (χ4v) is 10.0. The van der Waals surface area contributed by atoms with Gasteiger partial charge in [0.2, 0.25) is 0 Å². The molecule has 0 amide bonds. The van der Waals surface area contributed by atoms with E-state index in [1.807, 2.05) is 0 Å². The fraction of sp³-hybridized carbons (Fsp3) is 0.727. The second kappa shape index (κ2) is 70.6. The quantitative estimate of drug-likeness (QED) is 0.0261. The van der Waals surface area contributed by atoms with E-state index >= 15 is 0 Å². The van der Waals surface area contributed by atoms with E-state index in [2.05, 4.69) is 130 Å². The van der Waals surface area contributed by atoms with Crippen LogP contribution in [0.3, 0.4) is 0 Å². The number of ether oxygens (including phenoxy) is 3. The van der Waals surface area contributed by atoms with Gasteiger partial charge in [-0.15, -0.1) is 0 Å². The van der Waals surface area contributed by atoms with Crippen LogP contribution in [0.4, 0.5) is 0 Å². The normalized spacial score (nSPS) is 12.8. The molecule has 0 aromatic heterocycles. The molecule has 6 heteroatoms. The van der Waals surface area contributed by atoms with Crippen LogP contribution in [0.25, 0.3) is 0 Å². The predicted molar refractivity (Wildman–Crippen MR) is 362 cm³/mol. The monoisotopic (exact) mass is 1150 g/mol. The molecule has 0 radical (unpaired) electrons. The Morgan fingerprint density at radius 2 is 0.470 bits per heavy atom. The summed E-state index contributed by atoms with van der Waals surface area (Å²) in [6.45, 7) is 6.43. The number of hydrogen-bond donors (Lipinski definition) is 0. The molecule has 0 aliphatic carbocycles. The second-order valence-corrected chi connectivity index (χ2v) is 23.4. The van der Waals surface area contributed by atoms with Crippen LogP contribution < -0.4 is 0 Å². The molecule has 0 bridgehead atoms. The van der Waals surface area contributed by atoms with Crippen molar-refractivity contribution < 1.29 is 28.6 Å². The molecule has 0 aromatic carbocycles. The van der Waals surface area contributed by atoms with Gasteiger partial charge in [-0.05, 0) is 122 Å². The minimum Gasteiger partial charge on any atom is -0.462 e. The van der Waals surface area contributed by atoms with Crippen LogP contribution >= 0.6 is 0 Å². The molecule has 0 N–H and O–H groups in total. The van der Waals surface area contributed by atoms with Crippen LogP contribution in [0, 0.1) is 0 Å². The van der Waals surface area contributed by atoms with Crippen molar-refractivity contribution in [3.8, 4) is 0 Å². The Morgan fingerprint density at radius 1 is 0.253 bits per heavy atom. The van der Waals surface area contributed by atoms with Gasteiger partial charge < -0.3 is 14.2 Å². The van der Waals surface area contributed by atoms with Crippen molar-refractivity contribution in [3.05, 3.63) is 109 Å². The Hall–Kier alpha value is -3.93. The molecule has 0 aliphatic heterocycles. The Bertz CT molecular complexity index is 1660. The predicted octanol–water partition coefficient (Wildman–Crippen LogP) is 24.6. The van der Waals surface area contributed by atoms with Crippen LogP contribution in [-0.2, 0) is 28.6 Å². The topological polar surface area (TPSA) is 78.9 Å². The average molecular weight is 1150 g/mol. The maximum atomic E-state index is 13.0. The van der Waals surface area contributed by atoms with Crippen molar-refractivity contribution in [1.29, 1.82) is 0 Å². The molecule has 0 saturated carbocycles. The van der Waals surface area contributed by atoms with Gasteiger partial charge in [0.05, 0.1) is 0 Å². The average Bonchev–Trinajstić information content (AvgIpc) is 3.49. The van der Waals surface area contributed by atoms with Crippen molar-refractivity contribution in [2.45, 2.75) is 348 Å². The first-order valence-electron chi connectivity index (χ1n) is 35.4. The lowest BCUT2D eigenvalue weighted by atomic mass is 10.0. The molecule has 0 heterocycles. The molecular weight excluding hydrogens is 1020 g/mol. The van der Waals surface area contributed by atoms with Gasteiger partial charge in [-0.3, -0.25) is 14.4 Å². The number of rotatable bonds is 64. The number of carbonyl (C=O) groups excluding carboxylic acids is 3. The smallest absolute Gasteiger partial charge is 0.306 e. The van der Waals surface area contributed by atoms with E-state index in [4.69, 9.17) is 14.2 Å². The molecular formula is C77H132O6. The minimum atomic E-state index is -0.785. The molecule has 6 nitrogen and oxygen atoms in total. The van der Waals surface area contributed by atoms with Crippen LogP contribution in [0.2, 0.25) is 0 Å². The van der Waals surface area contributed by atoms with Crippen molar-refractivity contribution in [1.82, 2.24) is 0 Å². The summed E-state index contributed by atoms with van der Waals surface area (Å²) in [6.07, 6.45) is 96.8. The number of unbranched alkanes of at least 4 members (excludes halogenated alkanes) is 35. The van der Waals surface area contributed by atoms with Crippen molar-refractivity contribution in [2.75, 3.05) is 13.2 Å². The number of allylic oxidation sites excluding steroid dienone is 18. The molecule has 476 valence electrons. The number of hydrogen-bond acceptors (Lipinski definition) is 6. The highest BCUT2D eigenvalue weighted by atomic mass is 16.6. The van der Waals surface area contributed by atoms with E-state index in [1.54, 1.807) is 0 Å². The lowest BCUT2D eigenvalue weighted by Crippen LogP contribution is -2.30. The maximum Gasteiger partial charge on any atom is 0.306 e. The zero-order valence-corrected chi connectivity index (χ0v) is 54.7. The highest BCUT2D eigenvalue weighted by Gasteiger charge is 2.19. The van der Waals surface area contributed by atoms with Gasteiger partial charge >= 0.3 is 17.9 Å². The first-order chi connectivity index (χ1) is 41.0. The standard InChI is InChI=1S/C77H132O6/c1-4-7-10-13-16-19-22-25-27-29-31-33-35-37-38-40-41-43-45-47-49-52-55-58-61-64-67-70-76(79)82-73-74(72-81-75(78)69-66-63-60-57-54-51-24-21-18-15-12-9-6-3)83-77(80)71-68-65-62-59-56-53-50-48-46-44-42-39-36-34-32-30-28-26-23-20-17-14-11-8-5-2/h7-8,10-11,16-17,19-21,24-28,31-34,74H,4-6,9,12-15,18,22-23,29-30,35-73H2,1-3H3/b10-7-,11-8-,19-16-,20-17-,24-21-,27-25-,28-26-,33-31-,34-32-. The van der Waals surface area contributed by atoms with Gasteiger partial charge in [0.25, 0.3) is 0 Å².